The van der Waals surface area contributed by atoms with E-state index in [-0.39, 0.29) is 12.5 Å². The molecule has 4 aromatic rings. The van der Waals surface area contributed by atoms with Crippen molar-refractivity contribution in [1.82, 2.24) is 9.55 Å². The average molecular weight is 457 g/mol. The Morgan fingerprint density at radius 1 is 1.06 bits per heavy atom. The number of anilines is 1. The number of nitrogens with two attached hydrogens (primary N) is 1. The van der Waals surface area contributed by atoms with Crippen LogP contribution in [0.25, 0.3) is 10.5 Å². The Labute approximate surface area is 198 Å². The molecular weight excluding hydrogens is 431 g/mol. The first-order valence-corrected chi connectivity index (χ1v) is 10.9. The van der Waals surface area contributed by atoms with E-state index >= 15 is 0 Å². The van der Waals surface area contributed by atoms with Gasteiger partial charge < -0.3 is 20.1 Å². The topological polar surface area (TPSA) is 66.7 Å². The fourth-order valence-electron chi connectivity index (χ4n) is 3.54. The first kappa shape index (κ1) is 22.9. The van der Waals surface area contributed by atoms with Crippen LogP contribution in [0.3, 0.4) is 0 Å². The standard InChI is InChI=1S/C27H25FN4O2/c1-17(2)25-15-32(27(30-4)26(25)29)21-7-9-22(10-8-21)34-24-12-20(28)11-23(13-24)33-16-19-6-5-18(3)31-14-19/h5-15,17H,16,29H2,1-3H3. The van der Waals surface area contributed by atoms with Crippen molar-refractivity contribution in [3.63, 3.8) is 0 Å². The van der Waals surface area contributed by atoms with Gasteiger partial charge in [-0.1, -0.05) is 26.5 Å². The van der Waals surface area contributed by atoms with Crippen LogP contribution in [0.5, 0.6) is 17.2 Å². The smallest absolute Gasteiger partial charge is 0.258 e. The number of aromatic nitrogens is 2. The first-order valence-electron chi connectivity index (χ1n) is 10.9. The van der Waals surface area contributed by atoms with Crippen LogP contribution in [0, 0.1) is 19.3 Å². The second-order valence-electron chi connectivity index (χ2n) is 8.27. The predicted molar refractivity (Wildman–Crippen MR) is 130 cm³/mol. The van der Waals surface area contributed by atoms with Crippen LogP contribution in [0.15, 0.2) is 67.0 Å². The number of halogens is 1. The van der Waals surface area contributed by atoms with Gasteiger partial charge >= 0.3 is 0 Å². The molecule has 2 N–H and O–H groups in total. The highest BCUT2D eigenvalue weighted by Gasteiger charge is 2.18. The summed E-state index contributed by atoms with van der Waals surface area (Å²) >= 11 is 0. The molecule has 0 amide bonds. The van der Waals surface area contributed by atoms with Crippen molar-refractivity contribution >= 4 is 11.5 Å². The minimum Gasteiger partial charge on any atom is -0.489 e. The van der Waals surface area contributed by atoms with Crippen molar-refractivity contribution < 1.29 is 13.9 Å². The SMILES string of the molecule is [C-]#[N+]c1c(N)c(C(C)C)cn1-c1ccc(Oc2cc(F)cc(OCc3ccc(C)nc3)c2)cc1. The zero-order chi connectivity index (χ0) is 24.2. The Balaban J connectivity index is 1.50. The third-order valence-corrected chi connectivity index (χ3v) is 5.35. The van der Waals surface area contributed by atoms with E-state index in [9.17, 15) is 4.39 Å². The second kappa shape index (κ2) is 9.67. The molecule has 0 saturated heterocycles. The van der Waals surface area contributed by atoms with Crippen molar-refractivity contribution in [2.75, 3.05) is 5.73 Å². The molecule has 0 radical (unpaired) electrons. The maximum absolute atomic E-state index is 14.2. The third-order valence-electron chi connectivity index (χ3n) is 5.35. The van der Waals surface area contributed by atoms with E-state index in [0.29, 0.717) is 28.8 Å². The Morgan fingerprint density at radius 2 is 1.79 bits per heavy atom. The van der Waals surface area contributed by atoms with Gasteiger partial charge in [0, 0.05) is 41.2 Å². The zero-order valence-electron chi connectivity index (χ0n) is 19.2. The van der Waals surface area contributed by atoms with Crippen LogP contribution in [-0.4, -0.2) is 9.55 Å². The van der Waals surface area contributed by atoms with Gasteiger partial charge in [0.25, 0.3) is 5.82 Å². The highest BCUT2D eigenvalue weighted by molar-refractivity contribution is 5.72. The molecule has 0 aliphatic rings. The largest absolute Gasteiger partial charge is 0.489 e. The average Bonchev–Trinajstić information content (AvgIpc) is 3.15. The maximum atomic E-state index is 14.2. The number of nitrogen functional groups attached to an aromatic ring is 1. The lowest BCUT2D eigenvalue weighted by molar-refractivity contribution is 0.302. The van der Waals surface area contributed by atoms with Gasteiger partial charge in [-0.3, -0.25) is 9.55 Å². The molecule has 4 rings (SSSR count). The number of rotatable bonds is 7. The Bertz CT molecular complexity index is 1340. The van der Waals surface area contributed by atoms with Crippen LogP contribution in [0.1, 0.15) is 36.6 Å². The van der Waals surface area contributed by atoms with Gasteiger partial charge in [-0.05, 0) is 43.2 Å². The lowest BCUT2D eigenvalue weighted by Gasteiger charge is -2.11. The molecule has 0 unspecified atom stereocenters. The minimum atomic E-state index is -0.461. The van der Waals surface area contributed by atoms with Crippen LogP contribution in [0.4, 0.5) is 15.9 Å². The summed E-state index contributed by atoms with van der Waals surface area (Å²) in [6.07, 6.45) is 3.62. The molecule has 2 heterocycles. The highest BCUT2D eigenvalue weighted by Crippen LogP contribution is 2.36. The van der Waals surface area contributed by atoms with Crippen molar-refractivity contribution in [3.8, 4) is 22.9 Å². The van der Waals surface area contributed by atoms with Gasteiger partial charge in [0.05, 0.1) is 11.9 Å². The summed E-state index contributed by atoms with van der Waals surface area (Å²) in [4.78, 5) is 7.83. The van der Waals surface area contributed by atoms with Crippen molar-refractivity contribution in [2.24, 2.45) is 0 Å². The summed E-state index contributed by atoms with van der Waals surface area (Å²) in [6.45, 7) is 13.8. The van der Waals surface area contributed by atoms with Gasteiger partial charge in [-0.15, -0.1) is 0 Å². The van der Waals surface area contributed by atoms with Crippen LogP contribution in [-0.2, 0) is 6.61 Å². The predicted octanol–water partition coefficient (Wildman–Crippen LogP) is 6.95. The number of hydrogen-bond acceptors (Lipinski definition) is 4. The molecule has 34 heavy (non-hydrogen) atoms. The van der Waals surface area contributed by atoms with Crippen LogP contribution in [0.2, 0.25) is 0 Å². The Hall–Kier alpha value is -4.31. The first-order chi connectivity index (χ1) is 16.3. The lowest BCUT2D eigenvalue weighted by atomic mass is 10.1. The molecule has 7 heteroatoms. The number of benzene rings is 2. The molecule has 0 aliphatic heterocycles. The van der Waals surface area contributed by atoms with E-state index in [1.807, 2.05) is 51.2 Å². The molecule has 0 bridgehead atoms. The summed E-state index contributed by atoms with van der Waals surface area (Å²) in [5.41, 5.74) is 10.2. The van der Waals surface area contributed by atoms with Crippen LogP contribution < -0.4 is 15.2 Å². The van der Waals surface area contributed by atoms with Gasteiger partial charge in [-0.25, -0.2) is 4.39 Å². The summed E-state index contributed by atoms with van der Waals surface area (Å²) < 4.78 is 27.5. The highest BCUT2D eigenvalue weighted by atomic mass is 19.1. The Kier molecular flexibility index (Phi) is 6.51. The third kappa shape index (κ3) is 5.02. The maximum Gasteiger partial charge on any atom is 0.258 e. The van der Waals surface area contributed by atoms with Gasteiger partial charge in [0.15, 0.2) is 0 Å². The van der Waals surface area contributed by atoms with E-state index in [4.69, 9.17) is 21.8 Å². The lowest BCUT2D eigenvalue weighted by Crippen LogP contribution is -1.97. The molecule has 0 saturated carbocycles. The van der Waals surface area contributed by atoms with E-state index in [1.54, 1.807) is 29.0 Å². The Morgan fingerprint density at radius 3 is 2.44 bits per heavy atom. The molecule has 0 spiro atoms. The summed E-state index contributed by atoms with van der Waals surface area (Å²) in [5, 5.41) is 0. The number of pyridine rings is 1. The van der Waals surface area contributed by atoms with E-state index in [0.717, 1.165) is 22.5 Å². The van der Waals surface area contributed by atoms with Gasteiger partial charge in [0.1, 0.15) is 35.4 Å². The van der Waals surface area contributed by atoms with Gasteiger partial charge in [0.2, 0.25) is 0 Å². The van der Waals surface area contributed by atoms with E-state index < -0.39 is 5.82 Å². The molecular formula is C27H25FN4O2. The number of ether oxygens (including phenoxy) is 2. The second-order valence-corrected chi connectivity index (χ2v) is 8.27. The molecule has 0 atom stereocenters. The van der Waals surface area contributed by atoms with E-state index in [1.165, 1.54) is 12.1 Å². The van der Waals surface area contributed by atoms with Crippen molar-refractivity contribution in [3.05, 3.63) is 101 Å². The fraction of sp³-hybridized carbons (Fsp3) is 0.185. The van der Waals surface area contributed by atoms with Gasteiger partial charge in [-0.2, -0.15) is 0 Å². The summed E-state index contributed by atoms with van der Waals surface area (Å²) in [7, 11) is 0. The number of nitrogens with zero attached hydrogens (tertiary/aromatic N) is 3. The zero-order valence-corrected chi connectivity index (χ0v) is 19.2. The monoisotopic (exact) mass is 456 g/mol. The summed E-state index contributed by atoms with van der Waals surface area (Å²) in [6, 6.07) is 15.2. The summed E-state index contributed by atoms with van der Waals surface area (Å²) in [5.74, 6) is 1.33. The molecule has 172 valence electrons. The molecule has 6 nitrogen and oxygen atoms in total. The van der Waals surface area contributed by atoms with Crippen molar-refractivity contribution in [1.29, 1.82) is 0 Å². The molecule has 0 fully saturated rings. The molecule has 2 aromatic carbocycles. The molecule has 2 aromatic heterocycles. The van der Waals surface area contributed by atoms with Crippen molar-refractivity contribution in [2.45, 2.75) is 33.3 Å². The van der Waals surface area contributed by atoms with E-state index in [2.05, 4.69) is 9.83 Å². The fourth-order valence-corrected chi connectivity index (χ4v) is 3.54. The quantitative estimate of drug-likeness (QED) is 0.306. The number of hydrogen-bond donors (Lipinski definition) is 1. The van der Waals surface area contributed by atoms with Crippen LogP contribution >= 0.6 is 0 Å². The number of aryl methyl sites for hydroxylation is 1. The normalized spacial score (nSPS) is 10.8. The molecule has 0 aliphatic carbocycles. The minimum absolute atomic E-state index is 0.205.